The van der Waals surface area contributed by atoms with Crippen LogP contribution in [-0.4, -0.2) is 23.5 Å². The summed E-state index contributed by atoms with van der Waals surface area (Å²) in [7, 11) is 0. The summed E-state index contributed by atoms with van der Waals surface area (Å²) in [6.45, 7) is 3.74. The molecule has 1 aromatic rings. The molecule has 0 spiro atoms. The molecule has 0 radical (unpaired) electrons. The molecule has 0 fully saturated rings. The maximum absolute atomic E-state index is 11.8. The van der Waals surface area contributed by atoms with Crippen molar-refractivity contribution in [2.75, 3.05) is 11.9 Å². The van der Waals surface area contributed by atoms with Gasteiger partial charge in [0.15, 0.2) is 5.60 Å². The highest BCUT2D eigenvalue weighted by molar-refractivity contribution is 9.09. The topological polar surface area (TPSA) is 35.5 Å². The molecule has 0 unspecified atom stereocenters. The molecule has 0 heterocycles. The Labute approximate surface area is 121 Å². The average Bonchev–Trinajstić information content (AvgIpc) is 2.32. The second-order valence-corrected chi connectivity index (χ2v) is 5.47. The fraction of sp³-hybridized carbons (Fsp3) is 0.462. The normalized spacial score (nSPS) is 11.1. The van der Waals surface area contributed by atoms with Crippen molar-refractivity contribution in [2.24, 2.45) is 0 Å². The van der Waals surface area contributed by atoms with Crippen LogP contribution in [0.25, 0.3) is 0 Å². The second kappa shape index (κ2) is 7.00. The van der Waals surface area contributed by atoms with Crippen molar-refractivity contribution in [3.8, 4) is 5.75 Å². The molecule has 0 saturated heterocycles. The molecule has 0 bridgehead atoms. The van der Waals surface area contributed by atoms with E-state index in [1.165, 1.54) is 0 Å². The van der Waals surface area contributed by atoms with Crippen LogP contribution < -0.4 is 4.74 Å². The van der Waals surface area contributed by atoms with Gasteiger partial charge in [-0.2, -0.15) is 0 Å². The van der Waals surface area contributed by atoms with E-state index in [1.807, 2.05) is 0 Å². The molecule has 5 heteroatoms. The van der Waals surface area contributed by atoms with E-state index in [9.17, 15) is 4.79 Å². The smallest absolute Gasteiger partial charge is 0.349 e. The third-order valence-corrected chi connectivity index (χ3v) is 3.00. The maximum atomic E-state index is 11.8. The quantitative estimate of drug-likeness (QED) is 0.450. The van der Waals surface area contributed by atoms with Crippen LogP contribution in [0.1, 0.15) is 20.3 Å². The van der Waals surface area contributed by atoms with Crippen LogP contribution in [0.5, 0.6) is 5.75 Å². The van der Waals surface area contributed by atoms with E-state index >= 15 is 0 Å². The first kappa shape index (κ1) is 15.3. The van der Waals surface area contributed by atoms with E-state index in [1.54, 1.807) is 38.1 Å². The van der Waals surface area contributed by atoms with E-state index in [4.69, 9.17) is 21.1 Å². The minimum atomic E-state index is -1.01. The van der Waals surface area contributed by atoms with Crippen molar-refractivity contribution in [3.05, 3.63) is 29.3 Å². The Kier molecular flexibility index (Phi) is 5.96. The summed E-state index contributed by atoms with van der Waals surface area (Å²) in [4.78, 5) is 11.8. The molecule has 1 rings (SSSR count). The first-order valence-electron chi connectivity index (χ1n) is 5.63. The van der Waals surface area contributed by atoms with Gasteiger partial charge in [0.05, 0.1) is 6.61 Å². The molecule has 0 aliphatic heterocycles. The third kappa shape index (κ3) is 4.86. The molecule has 18 heavy (non-hydrogen) atoms. The van der Waals surface area contributed by atoms with Gasteiger partial charge in [0.25, 0.3) is 0 Å². The van der Waals surface area contributed by atoms with Crippen LogP contribution in [-0.2, 0) is 9.53 Å². The lowest BCUT2D eigenvalue weighted by Gasteiger charge is -2.24. The SMILES string of the molecule is CC(C)(Oc1ccc(Cl)cc1)C(=O)OCCCBr. The zero-order valence-electron chi connectivity index (χ0n) is 10.4. The van der Waals surface area contributed by atoms with Gasteiger partial charge in [-0.05, 0) is 44.5 Å². The van der Waals surface area contributed by atoms with Gasteiger partial charge in [0, 0.05) is 10.4 Å². The summed E-state index contributed by atoms with van der Waals surface area (Å²) in [5.41, 5.74) is -1.01. The van der Waals surface area contributed by atoms with Crippen LogP contribution in [0.3, 0.4) is 0 Å². The number of benzene rings is 1. The van der Waals surface area contributed by atoms with E-state index < -0.39 is 5.60 Å². The largest absolute Gasteiger partial charge is 0.476 e. The van der Waals surface area contributed by atoms with Crippen LogP contribution in [0, 0.1) is 0 Å². The van der Waals surface area contributed by atoms with Gasteiger partial charge in [-0.1, -0.05) is 27.5 Å². The first-order chi connectivity index (χ1) is 8.45. The van der Waals surface area contributed by atoms with Crippen molar-refractivity contribution in [1.29, 1.82) is 0 Å². The maximum Gasteiger partial charge on any atom is 0.349 e. The van der Waals surface area contributed by atoms with Gasteiger partial charge in [0.1, 0.15) is 5.75 Å². The Morgan fingerprint density at radius 3 is 2.50 bits per heavy atom. The molecule has 0 aliphatic carbocycles. The highest BCUT2D eigenvalue weighted by Crippen LogP contribution is 2.21. The van der Waals surface area contributed by atoms with E-state index in [-0.39, 0.29) is 5.97 Å². The van der Waals surface area contributed by atoms with Crippen molar-refractivity contribution >= 4 is 33.5 Å². The fourth-order valence-electron chi connectivity index (χ4n) is 1.23. The summed E-state index contributed by atoms with van der Waals surface area (Å²) in [5.74, 6) is 0.209. The predicted octanol–water partition coefficient (Wildman–Crippen LogP) is 3.83. The molecule has 0 atom stereocenters. The number of halogens is 2. The molecule has 0 amide bonds. The monoisotopic (exact) mass is 334 g/mol. The van der Waals surface area contributed by atoms with Gasteiger partial charge >= 0.3 is 5.97 Å². The molecule has 0 aliphatic rings. The Bertz CT molecular complexity index is 390. The molecule has 100 valence electrons. The van der Waals surface area contributed by atoms with Crippen LogP contribution in [0.2, 0.25) is 5.02 Å². The molecule has 3 nitrogen and oxygen atoms in total. The summed E-state index contributed by atoms with van der Waals surface area (Å²) >= 11 is 9.05. The number of hydrogen-bond acceptors (Lipinski definition) is 3. The summed E-state index contributed by atoms with van der Waals surface area (Å²) in [5, 5.41) is 1.43. The number of alkyl halides is 1. The van der Waals surface area contributed by atoms with E-state index in [2.05, 4.69) is 15.9 Å². The number of carbonyl (C=O) groups is 1. The standard InChI is InChI=1S/C13H16BrClO3/c1-13(2,12(16)17-9-3-8-14)18-11-6-4-10(15)5-7-11/h4-7H,3,8-9H2,1-2H3. The zero-order chi connectivity index (χ0) is 13.6. The molecular formula is C13H16BrClO3. The predicted molar refractivity (Wildman–Crippen MR) is 75.5 cm³/mol. The average molecular weight is 336 g/mol. The Hall–Kier alpha value is -0.740. The Morgan fingerprint density at radius 2 is 1.94 bits per heavy atom. The molecule has 0 aromatic heterocycles. The zero-order valence-corrected chi connectivity index (χ0v) is 12.8. The lowest BCUT2D eigenvalue weighted by molar-refractivity contribution is -0.159. The molecule has 1 aromatic carbocycles. The summed E-state index contributed by atoms with van der Waals surface area (Å²) in [6.07, 6.45) is 0.781. The minimum absolute atomic E-state index is 0.376. The van der Waals surface area contributed by atoms with Crippen molar-refractivity contribution in [2.45, 2.75) is 25.9 Å². The third-order valence-electron chi connectivity index (χ3n) is 2.19. The molecular weight excluding hydrogens is 319 g/mol. The number of carbonyl (C=O) groups excluding carboxylic acids is 1. The van der Waals surface area contributed by atoms with Gasteiger partial charge in [-0.3, -0.25) is 0 Å². The van der Waals surface area contributed by atoms with Gasteiger partial charge < -0.3 is 9.47 Å². The van der Waals surface area contributed by atoms with Crippen LogP contribution in [0.4, 0.5) is 0 Å². The van der Waals surface area contributed by atoms with Crippen LogP contribution >= 0.6 is 27.5 Å². The molecule has 0 N–H and O–H groups in total. The van der Waals surface area contributed by atoms with E-state index in [0.29, 0.717) is 17.4 Å². The molecule has 0 saturated carbocycles. The van der Waals surface area contributed by atoms with Gasteiger partial charge in [-0.25, -0.2) is 4.79 Å². The Balaban J connectivity index is 2.57. The first-order valence-corrected chi connectivity index (χ1v) is 7.13. The van der Waals surface area contributed by atoms with Crippen molar-refractivity contribution < 1.29 is 14.3 Å². The number of hydrogen-bond donors (Lipinski definition) is 0. The number of ether oxygens (including phenoxy) is 2. The lowest BCUT2D eigenvalue weighted by Crippen LogP contribution is -2.39. The summed E-state index contributed by atoms with van der Waals surface area (Å²) in [6, 6.07) is 6.86. The minimum Gasteiger partial charge on any atom is -0.476 e. The highest BCUT2D eigenvalue weighted by Gasteiger charge is 2.31. The Morgan fingerprint density at radius 1 is 1.33 bits per heavy atom. The van der Waals surface area contributed by atoms with Crippen LogP contribution in [0.15, 0.2) is 24.3 Å². The van der Waals surface area contributed by atoms with Gasteiger partial charge in [-0.15, -0.1) is 0 Å². The van der Waals surface area contributed by atoms with Crippen molar-refractivity contribution in [3.63, 3.8) is 0 Å². The van der Waals surface area contributed by atoms with Gasteiger partial charge in [0.2, 0.25) is 0 Å². The highest BCUT2D eigenvalue weighted by atomic mass is 79.9. The fourth-order valence-corrected chi connectivity index (χ4v) is 1.59. The van der Waals surface area contributed by atoms with Crippen molar-refractivity contribution in [1.82, 2.24) is 0 Å². The summed E-state index contributed by atoms with van der Waals surface area (Å²) < 4.78 is 10.7. The lowest BCUT2D eigenvalue weighted by atomic mass is 10.1. The second-order valence-electron chi connectivity index (χ2n) is 4.24. The van der Waals surface area contributed by atoms with E-state index in [0.717, 1.165) is 11.8 Å². The number of rotatable bonds is 6. The number of esters is 1.